The molecule has 3 nitrogen and oxygen atoms in total. The molecule has 0 spiro atoms. The molecular weight excluding hydrogens is 142 g/mol. The Hall–Kier alpha value is -0.570. The van der Waals surface area contributed by atoms with E-state index in [-0.39, 0.29) is 17.4 Å². The summed E-state index contributed by atoms with van der Waals surface area (Å²) in [6, 6.07) is 0.0775. The predicted molar refractivity (Wildman–Crippen MR) is 38.9 cm³/mol. The molecule has 3 rings (SSSR count). The summed E-state index contributed by atoms with van der Waals surface area (Å²) < 4.78 is 0. The molecule has 0 aromatic rings. The molecule has 0 radical (unpaired) electrons. The molecule has 2 unspecified atom stereocenters. The van der Waals surface area contributed by atoms with Crippen LogP contribution in [0.2, 0.25) is 0 Å². The third-order valence-corrected chi connectivity index (χ3v) is 3.39. The van der Waals surface area contributed by atoms with Crippen LogP contribution in [0, 0.1) is 11.3 Å². The van der Waals surface area contributed by atoms with Crippen LogP contribution in [0.3, 0.4) is 0 Å². The van der Waals surface area contributed by atoms with Gasteiger partial charge in [-0.3, -0.25) is 10.0 Å². The van der Waals surface area contributed by atoms with Gasteiger partial charge in [0.15, 0.2) is 0 Å². The molecule has 2 aliphatic heterocycles. The number of hydroxylamine groups is 2. The summed E-state index contributed by atoms with van der Waals surface area (Å²) >= 11 is 0. The van der Waals surface area contributed by atoms with Crippen molar-refractivity contribution in [3.8, 4) is 0 Å². The second-order valence-electron chi connectivity index (χ2n) is 4.21. The van der Waals surface area contributed by atoms with E-state index in [1.807, 2.05) is 0 Å². The summed E-state index contributed by atoms with van der Waals surface area (Å²) in [7, 11) is 0. The molecule has 1 saturated carbocycles. The van der Waals surface area contributed by atoms with E-state index in [1.165, 1.54) is 0 Å². The van der Waals surface area contributed by atoms with Gasteiger partial charge in [-0.1, -0.05) is 13.8 Å². The number of hydrogen-bond donors (Lipinski definition) is 1. The van der Waals surface area contributed by atoms with Gasteiger partial charge >= 0.3 is 0 Å². The van der Waals surface area contributed by atoms with Gasteiger partial charge in [-0.25, -0.2) is 5.06 Å². The van der Waals surface area contributed by atoms with Gasteiger partial charge in [0.05, 0.1) is 6.04 Å². The number of fused-ring (bicyclic) bond motifs is 2. The normalized spacial score (nSPS) is 40.3. The Balaban J connectivity index is 2.23. The molecule has 0 aromatic heterocycles. The molecule has 2 heterocycles. The SMILES string of the molecule is CC1(C)C2CC(=O)N(O)C1C2. The molecule has 2 bridgehead atoms. The largest absolute Gasteiger partial charge is 0.286 e. The Bertz CT molecular complexity index is 212. The number of piperidine rings is 2. The van der Waals surface area contributed by atoms with Gasteiger partial charge < -0.3 is 0 Å². The lowest BCUT2D eigenvalue weighted by Gasteiger charge is -2.58. The molecule has 0 aromatic carbocycles. The summed E-state index contributed by atoms with van der Waals surface area (Å²) in [6.45, 7) is 4.23. The van der Waals surface area contributed by atoms with Gasteiger partial charge in [-0.05, 0) is 17.8 Å². The third kappa shape index (κ3) is 0.692. The second-order valence-corrected chi connectivity index (χ2v) is 4.21. The summed E-state index contributed by atoms with van der Waals surface area (Å²) in [5.41, 5.74) is 0.142. The minimum Gasteiger partial charge on any atom is -0.286 e. The van der Waals surface area contributed by atoms with Crippen molar-refractivity contribution in [1.29, 1.82) is 0 Å². The highest BCUT2D eigenvalue weighted by molar-refractivity contribution is 5.78. The van der Waals surface area contributed by atoms with Gasteiger partial charge in [-0.2, -0.15) is 0 Å². The molecule has 3 heteroatoms. The molecule has 2 atom stereocenters. The minimum absolute atomic E-state index is 0.0775. The van der Waals surface area contributed by atoms with Crippen molar-refractivity contribution >= 4 is 5.91 Å². The van der Waals surface area contributed by atoms with Crippen molar-refractivity contribution in [2.24, 2.45) is 11.3 Å². The fraction of sp³-hybridized carbons (Fsp3) is 0.875. The Morgan fingerprint density at radius 3 is 2.64 bits per heavy atom. The Morgan fingerprint density at radius 2 is 2.27 bits per heavy atom. The first-order valence-electron chi connectivity index (χ1n) is 4.04. The quantitative estimate of drug-likeness (QED) is 0.530. The molecule has 1 amide bonds. The molecule has 1 aliphatic carbocycles. The number of carbonyl (C=O) groups excluding carboxylic acids is 1. The van der Waals surface area contributed by atoms with Crippen molar-refractivity contribution < 1.29 is 10.0 Å². The van der Waals surface area contributed by atoms with Crippen LogP contribution >= 0.6 is 0 Å². The van der Waals surface area contributed by atoms with E-state index in [0.29, 0.717) is 12.3 Å². The topological polar surface area (TPSA) is 40.5 Å². The average Bonchev–Trinajstić information content (AvgIpc) is 1.93. The van der Waals surface area contributed by atoms with Crippen LogP contribution < -0.4 is 0 Å². The standard InChI is InChI=1S/C8H13NO2/c1-8(2)5-3-6(8)9(11)7(10)4-5/h5-6,11H,3-4H2,1-2H3. The highest BCUT2D eigenvalue weighted by Gasteiger charge is 2.56. The first-order chi connectivity index (χ1) is 5.03. The van der Waals surface area contributed by atoms with Crippen LogP contribution in [0.4, 0.5) is 0 Å². The lowest BCUT2D eigenvalue weighted by atomic mass is 9.55. The molecule has 2 saturated heterocycles. The molecule has 3 aliphatic rings. The summed E-state index contributed by atoms with van der Waals surface area (Å²) in [6.07, 6.45) is 1.51. The van der Waals surface area contributed by atoms with Gasteiger partial charge in [0.1, 0.15) is 0 Å². The van der Waals surface area contributed by atoms with Crippen molar-refractivity contribution in [2.75, 3.05) is 0 Å². The van der Waals surface area contributed by atoms with E-state index in [4.69, 9.17) is 0 Å². The maximum atomic E-state index is 11.0. The molecular formula is C8H13NO2. The number of nitrogens with zero attached hydrogens (tertiary/aromatic N) is 1. The smallest absolute Gasteiger partial charge is 0.246 e. The molecule has 11 heavy (non-hydrogen) atoms. The van der Waals surface area contributed by atoms with E-state index in [1.54, 1.807) is 0 Å². The first-order valence-corrected chi connectivity index (χ1v) is 4.04. The lowest BCUT2D eigenvalue weighted by molar-refractivity contribution is -0.238. The van der Waals surface area contributed by atoms with Crippen LogP contribution in [-0.4, -0.2) is 22.2 Å². The molecule has 62 valence electrons. The van der Waals surface area contributed by atoms with Gasteiger partial charge in [0.2, 0.25) is 5.91 Å². The molecule has 3 fully saturated rings. The summed E-state index contributed by atoms with van der Waals surface area (Å²) in [4.78, 5) is 11.0. The summed E-state index contributed by atoms with van der Waals surface area (Å²) in [5.74, 6) is 0.397. The number of carbonyl (C=O) groups is 1. The Labute approximate surface area is 66.0 Å². The zero-order valence-electron chi connectivity index (χ0n) is 6.87. The monoisotopic (exact) mass is 155 g/mol. The van der Waals surface area contributed by atoms with E-state index in [9.17, 15) is 10.0 Å². The maximum Gasteiger partial charge on any atom is 0.246 e. The van der Waals surface area contributed by atoms with Gasteiger partial charge in [0, 0.05) is 6.42 Å². The number of hydrogen-bond acceptors (Lipinski definition) is 2. The Kier molecular flexibility index (Phi) is 1.15. The minimum atomic E-state index is -0.106. The van der Waals surface area contributed by atoms with Gasteiger partial charge in [-0.15, -0.1) is 0 Å². The van der Waals surface area contributed by atoms with E-state index in [2.05, 4.69) is 13.8 Å². The van der Waals surface area contributed by atoms with Crippen LogP contribution in [0.15, 0.2) is 0 Å². The zero-order chi connectivity index (χ0) is 8.22. The summed E-state index contributed by atoms with van der Waals surface area (Å²) in [5, 5.41) is 10.2. The third-order valence-electron chi connectivity index (χ3n) is 3.39. The zero-order valence-corrected chi connectivity index (χ0v) is 6.87. The Morgan fingerprint density at radius 1 is 1.64 bits per heavy atom. The van der Waals surface area contributed by atoms with E-state index in [0.717, 1.165) is 11.5 Å². The van der Waals surface area contributed by atoms with E-state index >= 15 is 0 Å². The van der Waals surface area contributed by atoms with Crippen LogP contribution in [0.25, 0.3) is 0 Å². The van der Waals surface area contributed by atoms with Crippen molar-refractivity contribution in [1.82, 2.24) is 5.06 Å². The fourth-order valence-electron chi connectivity index (χ4n) is 2.23. The van der Waals surface area contributed by atoms with E-state index < -0.39 is 0 Å². The molecule has 1 N–H and O–H groups in total. The number of amides is 1. The second kappa shape index (κ2) is 1.78. The van der Waals surface area contributed by atoms with Crippen molar-refractivity contribution in [2.45, 2.75) is 32.7 Å². The van der Waals surface area contributed by atoms with Crippen LogP contribution in [-0.2, 0) is 4.79 Å². The van der Waals surface area contributed by atoms with Crippen LogP contribution in [0.5, 0.6) is 0 Å². The maximum absolute atomic E-state index is 11.0. The van der Waals surface area contributed by atoms with Crippen molar-refractivity contribution in [3.63, 3.8) is 0 Å². The van der Waals surface area contributed by atoms with Crippen molar-refractivity contribution in [3.05, 3.63) is 0 Å². The van der Waals surface area contributed by atoms with Gasteiger partial charge in [0.25, 0.3) is 0 Å². The highest BCUT2D eigenvalue weighted by Crippen LogP contribution is 2.53. The predicted octanol–water partition coefficient (Wildman–Crippen LogP) is 1.02. The first kappa shape index (κ1) is 7.10. The van der Waals surface area contributed by atoms with Crippen LogP contribution in [0.1, 0.15) is 26.7 Å². The number of rotatable bonds is 0. The average molecular weight is 155 g/mol. The fourth-order valence-corrected chi connectivity index (χ4v) is 2.23. The highest BCUT2D eigenvalue weighted by atomic mass is 16.5. The lowest BCUT2D eigenvalue weighted by Crippen LogP contribution is -2.64.